The van der Waals surface area contributed by atoms with Gasteiger partial charge in [-0.15, -0.1) is 0 Å². The second-order valence-electron chi connectivity index (χ2n) is 4.11. The minimum Gasteiger partial charge on any atom is -0.223 e. The quantitative estimate of drug-likeness (QED) is 0.609. The van der Waals surface area contributed by atoms with Gasteiger partial charge in [0.25, 0.3) is 0 Å². The predicted octanol–water partition coefficient (Wildman–Crippen LogP) is 2.90. The Balaban J connectivity index is 3.80. The molecule has 17 heavy (non-hydrogen) atoms. The summed E-state index contributed by atoms with van der Waals surface area (Å²) in [6.45, 7) is 5.18. The first-order valence-electron chi connectivity index (χ1n) is 4.99. The lowest BCUT2D eigenvalue weighted by Gasteiger charge is -2.14. The molecule has 0 heterocycles. The van der Waals surface area contributed by atoms with Crippen LogP contribution in [0.2, 0.25) is 0 Å². The lowest BCUT2D eigenvalue weighted by Crippen LogP contribution is -2.19. The third-order valence-electron chi connectivity index (χ3n) is 2.72. The third kappa shape index (κ3) is 2.06. The van der Waals surface area contributed by atoms with Crippen LogP contribution in [0.4, 0.5) is 13.2 Å². The molecule has 0 radical (unpaired) electrons. The fourth-order valence-electron chi connectivity index (χ4n) is 1.43. The van der Waals surface area contributed by atoms with Crippen molar-refractivity contribution in [1.82, 2.24) is 0 Å². The molecule has 0 fully saturated rings. The Morgan fingerprint density at radius 3 is 1.76 bits per heavy atom. The molecule has 0 unspecified atom stereocenters. The van der Waals surface area contributed by atoms with E-state index in [2.05, 4.69) is 0 Å². The molecular weight excluding hydrogens is 253 g/mol. The fourth-order valence-corrected chi connectivity index (χ4v) is 2.82. The van der Waals surface area contributed by atoms with E-state index in [1.54, 1.807) is 0 Å². The standard InChI is InChI=1S/C11H13F3O2S/c1-5(2)17(15,16)11-7(4)6(3)8(12)9(13)10(11)14/h5H,1-4H3. The summed E-state index contributed by atoms with van der Waals surface area (Å²) in [6, 6.07) is 0. The van der Waals surface area contributed by atoms with Crippen LogP contribution in [0, 0.1) is 31.3 Å². The summed E-state index contributed by atoms with van der Waals surface area (Å²) in [7, 11) is -3.98. The number of benzene rings is 1. The van der Waals surface area contributed by atoms with Gasteiger partial charge < -0.3 is 0 Å². The molecule has 0 aliphatic rings. The summed E-state index contributed by atoms with van der Waals surface area (Å²) >= 11 is 0. The minimum absolute atomic E-state index is 0.0879. The van der Waals surface area contributed by atoms with Gasteiger partial charge in [0, 0.05) is 0 Å². The topological polar surface area (TPSA) is 34.1 Å². The molecule has 0 saturated heterocycles. The van der Waals surface area contributed by atoms with E-state index in [1.165, 1.54) is 27.7 Å². The van der Waals surface area contributed by atoms with Crippen LogP contribution in [-0.4, -0.2) is 13.7 Å². The molecule has 0 aliphatic heterocycles. The van der Waals surface area contributed by atoms with Gasteiger partial charge in [-0.25, -0.2) is 21.6 Å². The first-order valence-corrected chi connectivity index (χ1v) is 6.54. The van der Waals surface area contributed by atoms with E-state index < -0.39 is 37.4 Å². The molecule has 2 nitrogen and oxygen atoms in total. The van der Waals surface area contributed by atoms with Crippen LogP contribution in [0.5, 0.6) is 0 Å². The lowest BCUT2D eigenvalue weighted by atomic mass is 10.1. The average Bonchev–Trinajstić information content (AvgIpc) is 2.23. The highest BCUT2D eigenvalue weighted by Crippen LogP contribution is 2.29. The van der Waals surface area contributed by atoms with Gasteiger partial charge in [-0.2, -0.15) is 0 Å². The molecule has 96 valence electrons. The Labute approximate surface area is 98.4 Å². The van der Waals surface area contributed by atoms with E-state index in [0.717, 1.165) is 0 Å². The maximum absolute atomic E-state index is 13.6. The van der Waals surface area contributed by atoms with Crippen LogP contribution in [0.3, 0.4) is 0 Å². The van der Waals surface area contributed by atoms with E-state index in [-0.39, 0.29) is 11.1 Å². The predicted molar refractivity (Wildman–Crippen MR) is 58.1 cm³/mol. The first-order chi connectivity index (χ1) is 7.62. The highest BCUT2D eigenvalue weighted by molar-refractivity contribution is 7.92. The Bertz CT molecular complexity index is 534. The van der Waals surface area contributed by atoms with Crippen LogP contribution in [-0.2, 0) is 9.84 Å². The smallest absolute Gasteiger partial charge is 0.196 e. The van der Waals surface area contributed by atoms with E-state index in [1.807, 2.05) is 0 Å². The highest BCUT2D eigenvalue weighted by Gasteiger charge is 2.31. The van der Waals surface area contributed by atoms with Crippen LogP contribution in [0.15, 0.2) is 4.90 Å². The highest BCUT2D eigenvalue weighted by atomic mass is 32.2. The summed E-state index contributed by atoms with van der Waals surface area (Å²) in [5.74, 6) is -4.73. The van der Waals surface area contributed by atoms with Crippen molar-refractivity contribution in [3.63, 3.8) is 0 Å². The molecule has 0 bridgehead atoms. The third-order valence-corrected chi connectivity index (χ3v) is 5.02. The molecule has 0 saturated carbocycles. The second kappa shape index (κ2) is 4.33. The Morgan fingerprint density at radius 2 is 1.35 bits per heavy atom. The molecule has 0 N–H and O–H groups in total. The minimum atomic E-state index is -3.98. The number of hydrogen-bond acceptors (Lipinski definition) is 2. The van der Waals surface area contributed by atoms with Gasteiger partial charge in [0.15, 0.2) is 27.3 Å². The Kier molecular flexibility index (Phi) is 3.57. The molecule has 1 aromatic carbocycles. The van der Waals surface area contributed by atoms with E-state index in [0.29, 0.717) is 0 Å². The van der Waals surface area contributed by atoms with Gasteiger partial charge in [-0.1, -0.05) is 0 Å². The zero-order valence-electron chi connectivity index (χ0n) is 9.94. The fraction of sp³-hybridized carbons (Fsp3) is 0.455. The van der Waals surface area contributed by atoms with Crippen LogP contribution >= 0.6 is 0 Å². The number of hydrogen-bond donors (Lipinski definition) is 0. The SMILES string of the molecule is Cc1c(C)c(S(=O)(=O)C(C)C)c(F)c(F)c1F. The maximum atomic E-state index is 13.6. The molecule has 0 aliphatic carbocycles. The molecular formula is C11H13F3O2S. The molecule has 0 spiro atoms. The second-order valence-corrected chi connectivity index (χ2v) is 6.56. The van der Waals surface area contributed by atoms with Gasteiger partial charge >= 0.3 is 0 Å². The summed E-state index contributed by atoms with van der Waals surface area (Å²) in [5.41, 5.74) is -0.279. The van der Waals surface area contributed by atoms with Gasteiger partial charge in [0.2, 0.25) is 0 Å². The van der Waals surface area contributed by atoms with E-state index in [9.17, 15) is 21.6 Å². The van der Waals surface area contributed by atoms with Crippen molar-refractivity contribution in [2.24, 2.45) is 0 Å². The summed E-state index contributed by atoms with van der Waals surface area (Å²) in [6.07, 6.45) is 0. The van der Waals surface area contributed by atoms with Crippen LogP contribution in [0.1, 0.15) is 25.0 Å². The van der Waals surface area contributed by atoms with Crippen molar-refractivity contribution in [2.75, 3.05) is 0 Å². The zero-order valence-corrected chi connectivity index (χ0v) is 10.8. The molecule has 6 heteroatoms. The van der Waals surface area contributed by atoms with Crippen molar-refractivity contribution in [1.29, 1.82) is 0 Å². The molecule has 1 aromatic rings. The van der Waals surface area contributed by atoms with Crippen molar-refractivity contribution < 1.29 is 21.6 Å². The van der Waals surface area contributed by atoms with Crippen LogP contribution in [0.25, 0.3) is 0 Å². The molecule has 1 rings (SSSR count). The van der Waals surface area contributed by atoms with Gasteiger partial charge in [-0.05, 0) is 38.8 Å². The van der Waals surface area contributed by atoms with Crippen molar-refractivity contribution in [2.45, 2.75) is 37.8 Å². The van der Waals surface area contributed by atoms with Gasteiger partial charge in [-0.3, -0.25) is 0 Å². The summed E-state index contributed by atoms with van der Waals surface area (Å²) < 4.78 is 63.7. The Hall–Kier alpha value is -1.04. The molecule has 0 aromatic heterocycles. The van der Waals surface area contributed by atoms with E-state index in [4.69, 9.17) is 0 Å². The lowest BCUT2D eigenvalue weighted by molar-refractivity contribution is 0.426. The van der Waals surface area contributed by atoms with Gasteiger partial charge in [0.1, 0.15) is 4.90 Å². The number of sulfone groups is 1. The average molecular weight is 266 g/mol. The van der Waals surface area contributed by atoms with Gasteiger partial charge in [0.05, 0.1) is 5.25 Å². The normalized spacial score (nSPS) is 12.2. The van der Waals surface area contributed by atoms with Crippen molar-refractivity contribution in [3.8, 4) is 0 Å². The number of rotatable bonds is 2. The summed E-state index contributed by atoms with van der Waals surface area (Å²) in [4.78, 5) is -0.746. The zero-order chi connectivity index (χ0) is 13.5. The maximum Gasteiger partial charge on any atom is 0.196 e. The number of halogens is 3. The Morgan fingerprint density at radius 1 is 0.882 bits per heavy atom. The molecule has 0 atom stereocenters. The monoisotopic (exact) mass is 266 g/mol. The van der Waals surface area contributed by atoms with Crippen molar-refractivity contribution in [3.05, 3.63) is 28.6 Å². The van der Waals surface area contributed by atoms with Crippen LogP contribution < -0.4 is 0 Å². The van der Waals surface area contributed by atoms with Crippen molar-refractivity contribution >= 4 is 9.84 Å². The van der Waals surface area contributed by atoms with E-state index >= 15 is 0 Å². The molecule has 0 amide bonds. The largest absolute Gasteiger partial charge is 0.223 e. The first kappa shape index (κ1) is 14.0. The summed E-state index contributed by atoms with van der Waals surface area (Å²) in [5, 5.41) is -0.903.